The van der Waals surface area contributed by atoms with E-state index in [1.54, 1.807) is 7.11 Å². The molecule has 2 atom stereocenters. The third-order valence-corrected chi connectivity index (χ3v) is 4.13. The maximum Gasteiger partial charge on any atom is 0.126 e. The molecule has 3 nitrogen and oxygen atoms in total. The number of fused-ring (bicyclic) bond motifs is 3. The molecule has 3 rings (SSSR count). The topological polar surface area (TPSA) is 21.7 Å². The molecule has 1 aromatic carbocycles. The summed E-state index contributed by atoms with van der Waals surface area (Å²) in [5, 5.41) is 0. The molecular formula is C15H21NO2. The molecule has 0 saturated carbocycles. The van der Waals surface area contributed by atoms with Crippen molar-refractivity contribution < 1.29 is 9.47 Å². The molecule has 98 valence electrons. The third-order valence-electron chi connectivity index (χ3n) is 4.13. The van der Waals surface area contributed by atoms with Crippen molar-refractivity contribution >= 4 is 0 Å². The first kappa shape index (κ1) is 11.8. The van der Waals surface area contributed by atoms with E-state index >= 15 is 0 Å². The van der Waals surface area contributed by atoms with Crippen LogP contribution in [0.2, 0.25) is 0 Å². The second kappa shape index (κ2) is 4.81. The predicted molar refractivity (Wildman–Crippen MR) is 71.5 cm³/mol. The molecule has 0 aromatic heterocycles. The van der Waals surface area contributed by atoms with E-state index in [1.165, 1.54) is 18.5 Å². The molecule has 2 aliphatic heterocycles. The van der Waals surface area contributed by atoms with Gasteiger partial charge in [0.25, 0.3) is 0 Å². The van der Waals surface area contributed by atoms with E-state index in [-0.39, 0.29) is 0 Å². The van der Waals surface area contributed by atoms with Crippen molar-refractivity contribution in [3.05, 3.63) is 23.8 Å². The number of nitrogens with zero attached hydrogens (tertiary/aromatic N) is 1. The lowest BCUT2D eigenvalue weighted by Gasteiger charge is -2.29. The van der Waals surface area contributed by atoms with Crippen molar-refractivity contribution in [1.29, 1.82) is 0 Å². The summed E-state index contributed by atoms with van der Waals surface area (Å²) in [4.78, 5) is 2.56. The zero-order valence-electron chi connectivity index (χ0n) is 11.2. The van der Waals surface area contributed by atoms with Crippen molar-refractivity contribution in [2.75, 3.05) is 33.4 Å². The Morgan fingerprint density at radius 1 is 1.39 bits per heavy atom. The van der Waals surface area contributed by atoms with Gasteiger partial charge in [-0.1, -0.05) is 13.0 Å². The first-order valence-corrected chi connectivity index (χ1v) is 6.85. The van der Waals surface area contributed by atoms with Crippen LogP contribution in [0.5, 0.6) is 11.5 Å². The molecular weight excluding hydrogens is 226 g/mol. The fourth-order valence-electron chi connectivity index (χ4n) is 3.35. The number of likely N-dealkylation sites (tertiary alicyclic amines) is 1. The molecule has 0 amide bonds. The molecule has 0 spiro atoms. The van der Waals surface area contributed by atoms with Crippen LogP contribution in [0.4, 0.5) is 0 Å². The third kappa shape index (κ3) is 1.87. The summed E-state index contributed by atoms with van der Waals surface area (Å²) in [6.45, 7) is 6.60. The number of hydrogen-bond donors (Lipinski definition) is 0. The van der Waals surface area contributed by atoms with Crippen molar-refractivity contribution in [3.63, 3.8) is 0 Å². The average Bonchev–Trinajstić information content (AvgIpc) is 2.81. The van der Waals surface area contributed by atoms with E-state index in [0.29, 0.717) is 11.8 Å². The highest BCUT2D eigenvalue weighted by Crippen LogP contribution is 2.45. The highest BCUT2D eigenvalue weighted by atomic mass is 16.5. The number of benzene rings is 1. The first-order valence-electron chi connectivity index (χ1n) is 6.85. The van der Waals surface area contributed by atoms with Crippen LogP contribution in [0, 0.1) is 5.92 Å². The summed E-state index contributed by atoms with van der Waals surface area (Å²) < 4.78 is 11.4. The molecule has 1 saturated heterocycles. The van der Waals surface area contributed by atoms with Crippen LogP contribution >= 0.6 is 0 Å². The molecule has 18 heavy (non-hydrogen) atoms. The van der Waals surface area contributed by atoms with Gasteiger partial charge in [0.15, 0.2) is 0 Å². The van der Waals surface area contributed by atoms with Crippen LogP contribution in [-0.4, -0.2) is 38.3 Å². The predicted octanol–water partition coefficient (Wildman–Crippen LogP) is 2.51. The minimum Gasteiger partial charge on any atom is -0.496 e. The summed E-state index contributed by atoms with van der Waals surface area (Å²) >= 11 is 0. The molecule has 1 aromatic rings. The van der Waals surface area contributed by atoms with Crippen LogP contribution < -0.4 is 9.47 Å². The monoisotopic (exact) mass is 247 g/mol. The van der Waals surface area contributed by atoms with Gasteiger partial charge in [-0.2, -0.15) is 0 Å². The molecule has 0 bridgehead atoms. The van der Waals surface area contributed by atoms with Crippen LogP contribution in [-0.2, 0) is 0 Å². The Kier molecular flexibility index (Phi) is 3.16. The second-order valence-electron chi connectivity index (χ2n) is 5.31. The van der Waals surface area contributed by atoms with E-state index in [4.69, 9.17) is 9.47 Å². The van der Waals surface area contributed by atoms with E-state index in [2.05, 4.69) is 17.9 Å². The molecule has 2 aliphatic rings. The van der Waals surface area contributed by atoms with Gasteiger partial charge >= 0.3 is 0 Å². The second-order valence-corrected chi connectivity index (χ2v) is 5.31. The number of methoxy groups -OCH3 is 1. The fraction of sp³-hybridized carbons (Fsp3) is 0.600. The molecule has 0 aliphatic carbocycles. The van der Waals surface area contributed by atoms with Gasteiger partial charge in [-0.3, -0.25) is 0 Å². The van der Waals surface area contributed by atoms with E-state index in [0.717, 1.165) is 31.2 Å². The quantitative estimate of drug-likeness (QED) is 0.819. The maximum absolute atomic E-state index is 5.90. The molecule has 0 radical (unpaired) electrons. The highest BCUT2D eigenvalue weighted by molar-refractivity contribution is 5.49. The summed E-state index contributed by atoms with van der Waals surface area (Å²) in [5.74, 6) is 3.21. The van der Waals surface area contributed by atoms with Crippen LogP contribution in [0.15, 0.2) is 18.2 Å². The first-order chi connectivity index (χ1) is 8.83. The summed E-state index contributed by atoms with van der Waals surface area (Å²) in [7, 11) is 1.75. The molecule has 2 heterocycles. The lowest BCUT2D eigenvalue weighted by molar-refractivity contribution is 0.209. The number of rotatable bonds is 3. The summed E-state index contributed by atoms with van der Waals surface area (Å²) in [5.41, 5.74) is 1.29. The zero-order chi connectivity index (χ0) is 12.5. The van der Waals surface area contributed by atoms with Gasteiger partial charge in [0.05, 0.1) is 13.7 Å². The Bertz CT molecular complexity index is 418. The van der Waals surface area contributed by atoms with E-state index in [1.807, 2.05) is 12.1 Å². The lowest BCUT2D eigenvalue weighted by atomic mass is 9.86. The van der Waals surface area contributed by atoms with Crippen LogP contribution in [0.1, 0.15) is 24.8 Å². The Morgan fingerprint density at radius 3 is 3.06 bits per heavy atom. The SMILES string of the molecule is CCCN1C[C@@H]2COc3cccc(OC)c3[C@H]2C1. The van der Waals surface area contributed by atoms with Gasteiger partial charge in [-0.15, -0.1) is 0 Å². The van der Waals surface area contributed by atoms with Gasteiger partial charge in [0, 0.05) is 30.5 Å². The molecule has 0 unspecified atom stereocenters. The summed E-state index contributed by atoms with van der Waals surface area (Å²) in [6, 6.07) is 6.13. The Labute approximate surface area is 109 Å². The normalized spacial score (nSPS) is 26.3. The standard InChI is InChI=1S/C15H21NO2/c1-3-7-16-8-11-10-18-14-6-4-5-13(17-2)15(14)12(11)9-16/h4-6,11-12H,3,7-10H2,1-2H3/t11-,12+/m1/s1. The van der Waals surface area contributed by atoms with E-state index in [9.17, 15) is 0 Å². The van der Waals surface area contributed by atoms with Crippen molar-refractivity contribution in [2.45, 2.75) is 19.3 Å². The lowest BCUT2D eigenvalue weighted by Crippen LogP contribution is -2.25. The summed E-state index contributed by atoms with van der Waals surface area (Å²) in [6.07, 6.45) is 1.22. The van der Waals surface area contributed by atoms with Crippen molar-refractivity contribution in [2.24, 2.45) is 5.92 Å². The zero-order valence-corrected chi connectivity index (χ0v) is 11.2. The minimum atomic E-state index is 0.580. The van der Waals surface area contributed by atoms with Crippen molar-refractivity contribution in [1.82, 2.24) is 4.90 Å². The Morgan fingerprint density at radius 2 is 2.28 bits per heavy atom. The van der Waals surface area contributed by atoms with Gasteiger partial charge in [-0.25, -0.2) is 0 Å². The largest absolute Gasteiger partial charge is 0.496 e. The van der Waals surface area contributed by atoms with Crippen molar-refractivity contribution in [3.8, 4) is 11.5 Å². The number of hydrogen-bond acceptors (Lipinski definition) is 3. The van der Waals surface area contributed by atoms with Gasteiger partial charge in [-0.05, 0) is 25.1 Å². The minimum absolute atomic E-state index is 0.580. The fourth-order valence-corrected chi connectivity index (χ4v) is 3.35. The average molecular weight is 247 g/mol. The molecule has 0 N–H and O–H groups in total. The van der Waals surface area contributed by atoms with Gasteiger partial charge in [0.1, 0.15) is 11.5 Å². The van der Waals surface area contributed by atoms with Crippen LogP contribution in [0.25, 0.3) is 0 Å². The molecule has 1 fully saturated rings. The Balaban J connectivity index is 1.92. The highest BCUT2D eigenvalue weighted by Gasteiger charge is 2.39. The smallest absolute Gasteiger partial charge is 0.126 e. The van der Waals surface area contributed by atoms with Gasteiger partial charge < -0.3 is 14.4 Å². The molecule has 3 heteroatoms. The van der Waals surface area contributed by atoms with E-state index < -0.39 is 0 Å². The Hall–Kier alpha value is -1.22. The van der Waals surface area contributed by atoms with Gasteiger partial charge in [0.2, 0.25) is 0 Å². The number of ether oxygens (including phenoxy) is 2. The van der Waals surface area contributed by atoms with Crippen LogP contribution in [0.3, 0.4) is 0 Å². The maximum atomic E-state index is 5.90.